The summed E-state index contributed by atoms with van der Waals surface area (Å²) < 4.78 is 0. The van der Waals surface area contributed by atoms with Crippen LogP contribution in [0.15, 0.2) is 115 Å². The molecule has 31 heavy (non-hydrogen) atoms. The average Bonchev–Trinajstić information content (AvgIpc) is 2.84. The maximum Gasteiger partial charge on any atom is 0.140 e. The van der Waals surface area contributed by atoms with Crippen molar-refractivity contribution in [3.63, 3.8) is 0 Å². The van der Waals surface area contributed by atoms with Crippen LogP contribution >= 0.6 is 0 Å². The fraction of sp³-hybridized carbons (Fsp3) is 0. The van der Waals surface area contributed by atoms with Crippen LogP contribution in [0.1, 0.15) is 0 Å². The molecule has 6 rings (SSSR count). The number of fused-ring (bicyclic) bond motifs is 3. The Hall–Kier alpha value is -3.84. The van der Waals surface area contributed by atoms with Crippen molar-refractivity contribution >= 4 is 45.6 Å². The smallest absolute Gasteiger partial charge is 0.0735 e. The van der Waals surface area contributed by atoms with Crippen molar-refractivity contribution in [2.45, 2.75) is 0 Å². The molecule has 6 aromatic carbocycles. The number of benzene rings is 6. The summed E-state index contributed by atoms with van der Waals surface area (Å²) in [5.41, 5.74) is 6.43. The van der Waals surface area contributed by atoms with Gasteiger partial charge >= 0.3 is 0 Å². The van der Waals surface area contributed by atoms with Crippen LogP contribution in [0.25, 0.3) is 54.6 Å². The molecule has 0 aliphatic rings. The summed E-state index contributed by atoms with van der Waals surface area (Å²) in [7, 11) is 2.23. The van der Waals surface area contributed by atoms with E-state index < -0.39 is 0 Å². The summed E-state index contributed by atoms with van der Waals surface area (Å²) in [6, 6.07) is 41.8. The lowest BCUT2D eigenvalue weighted by Gasteiger charge is -2.15. The Morgan fingerprint density at radius 1 is 0.387 bits per heavy atom. The minimum absolute atomic E-state index is 1.25. The molecule has 0 aliphatic carbocycles. The summed E-state index contributed by atoms with van der Waals surface area (Å²) in [4.78, 5) is 0. The van der Waals surface area contributed by atoms with Crippen molar-refractivity contribution in [2.24, 2.45) is 0 Å². The van der Waals surface area contributed by atoms with Gasteiger partial charge in [-0.3, -0.25) is 0 Å². The van der Waals surface area contributed by atoms with Crippen LogP contribution in [-0.2, 0) is 0 Å². The van der Waals surface area contributed by atoms with Gasteiger partial charge in [0.05, 0.1) is 0 Å². The summed E-state index contributed by atoms with van der Waals surface area (Å²) in [6.07, 6.45) is 0. The highest BCUT2D eigenvalue weighted by molar-refractivity contribution is 6.46. The third kappa shape index (κ3) is 2.93. The Kier molecular flexibility index (Phi) is 4.14. The molecule has 0 saturated carbocycles. The maximum absolute atomic E-state index is 2.28. The lowest BCUT2D eigenvalue weighted by Crippen LogP contribution is -2.07. The van der Waals surface area contributed by atoms with Gasteiger partial charge < -0.3 is 0 Å². The monoisotopic (exact) mass is 392 g/mol. The minimum atomic E-state index is 1.25. The second-order valence-corrected chi connectivity index (χ2v) is 8.23. The van der Waals surface area contributed by atoms with Gasteiger partial charge in [0.25, 0.3) is 0 Å². The molecule has 0 heterocycles. The zero-order valence-corrected chi connectivity index (χ0v) is 17.5. The average molecular weight is 392 g/mol. The molecule has 144 valence electrons. The topological polar surface area (TPSA) is 0 Å². The first-order valence-corrected chi connectivity index (χ1v) is 10.8. The largest absolute Gasteiger partial charge is 0.140 e. The number of hydrogen-bond acceptors (Lipinski definition) is 0. The number of hydrogen-bond donors (Lipinski definition) is 0. The highest BCUT2D eigenvalue weighted by Crippen LogP contribution is 2.36. The summed E-state index contributed by atoms with van der Waals surface area (Å²) in [6.45, 7) is 0. The first-order valence-electron chi connectivity index (χ1n) is 10.8. The van der Waals surface area contributed by atoms with Crippen LogP contribution in [0, 0.1) is 0 Å². The van der Waals surface area contributed by atoms with Crippen LogP contribution in [0.4, 0.5) is 0 Å². The molecule has 0 radical (unpaired) electrons. The molecule has 0 spiro atoms. The van der Waals surface area contributed by atoms with E-state index in [2.05, 4.69) is 123 Å². The van der Waals surface area contributed by atoms with E-state index in [0.717, 1.165) is 0 Å². The van der Waals surface area contributed by atoms with Crippen LogP contribution in [0.3, 0.4) is 0 Å². The van der Waals surface area contributed by atoms with Gasteiger partial charge in [-0.25, -0.2) is 0 Å². The standard InChI is InChI=1S/C30H21B/c31-30-27-11-5-3-9-25(27)29(26-10-4-6-12-28(26)30)22-16-13-21(14-17-22)24-18-15-20-7-1-2-8-23(20)19-24/h1-19H,31H2. The molecular weight excluding hydrogens is 371 g/mol. The highest BCUT2D eigenvalue weighted by Gasteiger charge is 2.12. The van der Waals surface area contributed by atoms with E-state index in [4.69, 9.17) is 0 Å². The van der Waals surface area contributed by atoms with Crippen molar-refractivity contribution in [1.82, 2.24) is 0 Å². The first-order chi connectivity index (χ1) is 15.3. The molecule has 0 aromatic heterocycles. The third-order valence-electron chi connectivity index (χ3n) is 6.46. The molecule has 0 saturated heterocycles. The van der Waals surface area contributed by atoms with E-state index >= 15 is 0 Å². The lowest BCUT2D eigenvalue weighted by molar-refractivity contribution is 1.63. The predicted octanol–water partition coefficient (Wildman–Crippen LogP) is 6.74. The summed E-state index contributed by atoms with van der Waals surface area (Å²) in [5, 5.41) is 7.85. The van der Waals surface area contributed by atoms with Crippen LogP contribution in [0.5, 0.6) is 0 Å². The SMILES string of the molecule is Bc1c2ccccc2c(-c2ccc(-c3ccc4ccccc4c3)cc2)c2ccccc12. The van der Waals surface area contributed by atoms with Crippen LogP contribution in [0.2, 0.25) is 0 Å². The van der Waals surface area contributed by atoms with E-state index in [0.29, 0.717) is 0 Å². The fourth-order valence-corrected chi connectivity index (χ4v) is 4.86. The van der Waals surface area contributed by atoms with Crippen molar-refractivity contribution in [3.8, 4) is 22.3 Å². The normalized spacial score (nSPS) is 11.4. The summed E-state index contributed by atoms with van der Waals surface area (Å²) in [5.74, 6) is 0. The molecule has 0 amide bonds. The predicted molar refractivity (Wildman–Crippen MR) is 138 cm³/mol. The van der Waals surface area contributed by atoms with Crippen molar-refractivity contribution in [2.75, 3.05) is 0 Å². The molecule has 0 unspecified atom stereocenters. The van der Waals surface area contributed by atoms with E-state index in [9.17, 15) is 0 Å². The van der Waals surface area contributed by atoms with Crippen molar-refractivity contribution in [1.29, 1.82) is 0 Å². The third-order valence-corrected chi connectivity index (χ3v) is 6.46. The van der Waals surface area contributed by atoms with Gasteiger partial charge in [-0.05, 0) is 60.6 Å². The molecule has 0 bridgehead atoms. The maximum atomic E-state index is 2.28. The van der Waals surface area contributed by atoms with E-state index in [1.807, 2.05) is 0 Å². The molecule has 0 aliphatic heterocycles. The van der Waals surface area contributed by atoms with Gasteiger partial charge in [-0.15, -0.1) is 0 Å². The van der Waals surface area contributed by atoms with Crippen molar-refractivity contribution in [3.05, 3.63) is 115 Å². The molecule has 0 fully saturated rings. The zero-order chi connectivity index (χ0) is 20.8. The fourth-order valence-electron chi connectivity index (χ4n) is 4.86. The first kappa shape index (κ1) is 18.0. The minimum Gasteiger partial charge on any atom is -0.0735 e. The van der Waals surface area contributed by atoms with Gasteiger partial charge in [0, 0.05) is 0 Å². The molecule has 6 aromatic rings. The second-order valence-electron chi connectivity index (χ2n) is 8.23. The number of rotatable bonds is 2. The van der Waals surface area contributed by atoms with Crippen LogP contribution < -0.4 is 5.46 Å². The van der Waals surface area contributed by atoms with Gasteiger partial charge in [-0.2, -0.15) is 0 Å². The van der Waals surface area contributed by atoms with Gasteiger partial charge in [0.15, 0.2) is 0 Å². The van der Waals surface area contributed by atoms with E-state index in [1.165, 1.54) is 60.0 Å². The highest BCUT2D eigenvalue weighted by atomic mass is 14.1. The quantitative estimate of drug-likeness (QED) is 0.226. The molecule has 1 heteroatoms. The lowest BCUT2D eigenvalue weighted by atomic mass is 9.81. The Labute approximate surface area is 183 Å². The Morgan fingerprint density at radius 3 is 1.52 bits per heavy atom. The van der Waals surface area contributed by atoms with Gasteiger partial charge in [0.1, 0.15) is 7.85 Å². The van der Waals surface area contributed by atoms with Crippen molar-refractivity contribution < 1.29 is 0 Å². The molecule has 0 N–H and O–H groups in total. The molecular formula is C30H21B. The Morgan fingerprint density at radius 2 is 0.871 bits per heavy atom. The Bertz CT molecular complexity index is 1520. The van der Waals surface area contributed by atoms with E-state index in [-0.39, 0.29) is 0 Å². The van der Waals surface area contributed by atoms with E-state index in [1.54, 1.807) is 0 Å². The summed E-state index contributed by atoms with van der Waals surface area (Å²) >= 11 is 0. The van der Waals surface area contributed by atoms with Gasteiger partial charge in [0.2, 0.25) is 0 Å². The van der Waals surface area contributed by atoms with Crippen LogP contribution in [-0.4, -0.2) is 7.85 Å². The zero-order valence-electron chi connectivity index (χ0n) is 17.5. The Balaban J connectivity index is 1.54. The second kappa shape index (κ2) is 7.14. The van der Waals surface area contributed by atoms with Gasteiger partial charge in [-0.1, -0.05) is 115 Å². The molecule has 0 atom stereocenters. The molecule has 0 nitrogen and oxygen atoms in total.